The van der Waals surface area contributed by atoms with Crippen molar-refractivity contribution in [3.63, 3.8) is 0 Å². The summed E-state index contributed by atoms with van der Waals surface area (Å²) in [6.07, 6.45) is 5.42. The van der Waals surface area contributed by atoms with Crippen molar-refractivity contribution in [2.75, 3.05) is 20.1 Å². The van der Waals surface area contributed by atoms with E-state index in [0.717, 1.165) is 23.6 Å². The van der Waals surface area contributed by atoms with Gasteiger partial charge in [-0.15, -0.1) is 23.5 Å². The van der Waals surface area contributed by atoms with Gasteiger partial charge in [0.15, 0.2) is 0 Å². The number of hydrogen-bond donors (Lipinski definition) is 0. The van der Waals surface area contributed by atoms with E-state index in [1.54, 1.807) is 0 Å². The molecule has 2 rings (SSSR count). The molecule has 1 unspecified atom stereocenters. The van der Waals surface area contributed by atoms with Gasteiger partial charge >= 0.3 is 0 Å². The molecule has 1 radical (unpaired) electrons. The first-order valence-electron chi connectivity index (χ1n) is 7.26. The summed E-state index contributed by atoms with van der Waals surface area (Å²) in [6, 6.07) is 4.99. The monoisotopic (exact) mass is 346 g/mol. The van der Waals surface area contributed by atoms with Crippen LogP contribution in [0.2, 0.25) is 0 Å². The molecular weight excluding hydrogens is 321 g/mol. The van der Waals surface area contributed by atoms with Crippen molar-refractivity contribution in [3.05, 3.63) is 29.6 Å². The fourth-order valence-electron chi connectivity index (χ4n) is 2.22. The van der Waals surface area contributed by atoms with Crippen LogP contribution >= 0.6 is 0 Å². The van der Waals surface area contributed by atoms with Crippen molar-refractivity contribution < 1.29 is 32.7 Å². The topological polar surface area (TPSA) is 16.1 Å². The Morgan fingerprint density at radius 3 is 2.80 bits per heavy atom. The molecule has 1 aliphatic rings. The SMILES string of the molecule is CC.Cc1[c-]cc(C#CCC2CCCN(C)C2)nc1.[Y]. The molecule has 20 heavy (non-hydrogen) atoms. The molecule has 0 aliphatic carbocycles. The van der Waals surface area contributed by atoms with Crippen molar-refractivity contribution in [1.82, 2.24) is 9.88 Å². The first-order chi connectivity index (χ1) is 9.24. The third-order valence-electron chi connectivity index (χ3n) is 3.16. The largest absolute Gasteiger partial charge is 0.375 e. The van der Waals surface area contributed by atoms with Crippen LogP contribution < -0.4 is 0 Å². The predicted molar refractivity (Wildman–Crippen MR) is 80.9 cm³/mol. The van der Waals surface area contributed by atoms with Crippen LogP contribution in [0.4, 0.5) is 0 Å². The van der Waals surface area contributed by atoms with E-state index >= 15 is 0 Å². The van der Waals surface area contributed by atoms with Gasteiger partial charge in [0.1, 0.15) is 0 Å². The van der Waals surface area contributed by atoms with Crippen LogP contribution in [0, 0.1) is 30.7 Å². The molecule has 0 bridgehead atoms. The smallest absolute Gasteiger partial charge is 0.0122 e. The van der Waals surface area contributed by atoms with E-state index in [-0.39, 0.29) is 32.7 Å². The molecule has 1 saturated heterocycles. The van der Waals surface area contributed by atoms with Gasteiger partial charge in [-0.3, -0.25) is 0 Å². The Hall–Kier alpha value is -0.226. The van der Waals surface area contributed by atoms with Gasteiger partial charge < -0.3 is 9.88 Å². The number of aromatic nitrogens is 1. The van der Waals surface area contributed by atoms with Gasteiger partial charge in [-0.1, -0.05) is 27.0 Å². The van der Waals surface area contributed by atoms with Gasteiger partial charge in [0.25, 0.3) is 0 Å². The van der Waals surface area contributed by atoms with Crippen LogP contribution in [0.5, 0.6) is 0 Å². The molecule has 0 amide bonds. The quantitative estimate of drug-likeness (QED) is 0.573. The molecule has 0 spiro atoms. The zero-order valence-electron chi connectivity index (χ0n) is 13.2. The Bertz CT molecular complexity index is 417. The molecule has 0 saturated carbocycles. The van der Waals surface area contributed by atoms with Gasteiger partial charge in [-0.25, -0.2) is 0 Å². The summed E-state index contributed by atoms with van der Waals surface area (Å²) in [4.78, 5) is 6.66. The van der Waals surface area contributed by atoms with Crippen LogP contribution in [-0.4, -0.2) is 30.0 Å². The van der Waals surface area contributed by atoms with E-state index in [9.17, 15) is 0 Å². The molecule has 1 atom stereocenters. The Balaban J connectivity index is 0.00000115. The zero-order chi connectivity index (χ0) is 14.1. The van der Waals surface area contributed by atoms with Crippen molar-refractivity contribution in [3.8, 4) is 11.8 Å². The summed E-state index contributed by atoms with van der Waals surface area (Å²) in [6.45, 7) is 8.41. The van der Waals surface area contributed by atoms with Gasteiger partial charge in [0, 0.05) is 45.7 Å². The molecule has 2 nitrogen and oxygen atoms in total. The number of piperidine rings is 1. The Kier molecular flexibility index (Phi) is 11.3. The van der Waals surface area contributed by atoms with Crippen LogP contribution in [0.25, 0.3) is 0 Å². The van der Waals surface area contributed by atoms with E-state index < -0.39 is 0 Å². The third kappa shape index (κ3) is 7.53. The summed E-state index contributed by atoms with van der Waals surface area (Å²) in [5.74, 6) is 7.11. The second-order valence-corrected chi connectivity index (χ2v) is 4.89. The average molecular weight is 346 g/mol. The molecule has 107 valence electrons. The fraction of sp³-hybridized carbons (Fsp3) is 0.588. The minimum Gasteiger partial charge on any atom is -0.375 e. The summed E-state index contributed by atoms with van der Waals surface area (Å²) in [7, 11) is 2.19. The number of likely N-dealkylation sites (tertiary alicyclic amines) is 1. The van der Waals surface area contributed by atoms with Crippen LogP contribution in [0.1, 0.15) is 44.4 Å². The van der Waals surface area contributed by atoms with Crippen molar-refractivity contribution in [2.24, 2.45) is 5.92 Å². The maximum Gasteiger partial charge on any atom is 0.0122 e. The number of pyridine rings is 1. The van der Waals surface area contributed by atoms with Crippen molar-refractivity contribution in [1.29, 1.82) is 0 Å². The van der Waals surface area contributed by atoms with E-state index in [1.807, 2.05) is 33.0 Å². The zero-order valence-corrected chi connectivity index (χ0v) is 16.1. The average Bonchev–Trinajstić information content (AvgIpc) is 2.43. The molecular formula is C17H25N2Y-. The van der Waals surface area contributed by atoms with Gasteiger partial charge in [0.2, 0.25) is 0 Å². The van der Waals surface area contributed by atoms with Gasteiger partial charge in [-0.2, -0.15) is 6.07 Å². The molecule has 0 N–H and O–H groups in total. The first kappa shape index (κ1) is 19.8. The molecule has 1 fully saturated rings. The fourth-order valence-corrected chi connectivity index (χ4v) is 2.22. The Labute approximate surface area is 149 Å². The number of rotatable bonds is 1. The van der Waals surface area contributed by atoms with Gasteiger partial charge in [0.05, 0.1) is 0 Å². The number of aryl methyl sites for hydroxylation is 1. The third-order valence-corrected chi connectivity index (χ3v) is 3.16. The Morgan fingerprint density at radius 2 is 2.20 bits per heavy atom. The van der Waals surface area contributed by atoms with E-state index in [2.05, 4.69) is 34.8 Å². The molecule has 1 aromatic rings. The molecule has 1 aromatic heterocycles. The van der Waals surface area contributed by atoms with E-state index in [1.165, 1.54) is 25.9 Å². The summed E-state index contributed by atoms with van der Waals surface area (Å²) in [5, 5.41) is 0. The van der Waals surface area contributed by atoms with E-state index in [4.69, 9.17) is 0 Å². The minimum absolute atomic E-state index is 0. The predicted octanol–water partition coefficient (Wildman–Crippen LogP) is 3.30. The number of nitrogens with zero attached hydrogens (tertiary/aromatic N) is 2. The second-order valence-electron chi connectivity index (χ2n) is 4.89. The standard InChI is InChI=1S/C15H19N2.C2H6.Y/c1-13-8-9-15(16-11-13)7-3-5-14-6-4-10-17(2)12-14;1-2;/h9,11,14H,4-6,10,12H2,1-2H3;1-2H3;/q-1;;. The van der Waals surface area contributed by atoms with Gasteiger partial charge in [-0.05, 0) is 38.0 Å². The number of hydrogen-bond acceptors (Lipinski definition) is 2. The summed E-state index contributed by atoms with van der Waals surface area (Å²) < 4.78 is 0. The van der Waals surface area contributed by atoms with Crippen molar-refractivity contribution >= 4 is 0 Å². The van der Waals surface area contributed by atoms with E-state index in [0.29, 0.717) is 0 Å². The van der Waals surface area contributed by atoms with Crippen molar-refractivity contribution in [2.45, 2.75) is 40.0 Å². The molecule has 2 heterocycles. The van der Waals surface area contributed by atoms with Crippen LogP contribution in [-0.2, 0) is 32.7 Å². The molecule has 1 aliphatic heterocycles. The normalized spacial score (nSPS) is 17.9. The summed E-state index contributed by atoms with van der Waals surface area (Å²) >= 11 is 0. The summed E-state index contributed by atoms with van der Waals surface area (Å²) in [5.41, 5.74) is 1.89. The Morgan fingerprint density at radius 1 is 1.45 bits per heavy atom. The molecule has 0 aromatic carbocycles. The van der Waals surface area contributed by atoms with Crippen LogP contribution in [0.3, 0.4) is 0 Å². The first-order valence-corrected chi connectivity index (χ1v) is 7.26. The second kappa shape index (κ2) is 11.4. The maximum absolute atomic E-state index is 4.26. The molecule has 3 heteroatoms. The van der Waals surface area contributed by atoms with Crippen LogP contribution in [0.15, 0.2) is 12.3 Å². The maximum atomic E-state index is 4.26. The minimum atomic E-state index is 0.